The van der Waals surface area contributed by atoms with E-state index in [9.17, 15) is 9.59 Å². The predicted molar refractivity (Wildman–Crippen MR) is 95.2 cm³/mol. The summed E-state index contributed by atoms with van der Waals surface area (Å²) in [7, 11) is -4.64. The molecule has 0 bridgehead atoms. The summed E-state index contributed by atoms with van der Waals surface area (Å²) in [5, 5.41) is 18.2. The van der Waals surface area contributed by atoms with E-state index in [4.69, 9.17) is 40.9 Å². The molecule has 1 heterocycles. The van der Waals surface area contributed by atoms with E-state index in [1.54, 1.807) is 0 Å². The fourth-order valence-electron chi connectivity index (χ4n) is 2.39. The SMILES string of the molecule is CCN1CCC(C(C)(C(=O)O)C(=O)O)CC1.NCCCN.O=P(O)(O)O.[Pt+2]. The topological polar surface area (TPSA) is 208 Å². The van der Waals surface area contributed by atoms with Crippen molar-refractivity contribution in [3.05, 3.63) is 0 Å². The maximum atomic E-state index is 11.1. The van der Waals surface area contributed by atoms with Gasteiger partial charge in [0.05, 0.1) is 0 Å². The van der Waals surface area contributed by atoms with Crippen LogP contribution in [0.25, 0.3) is 0 Å². The summed E-state index contributed by atoms with van der Waals surface area (Å²) in [6, 6.07) is 0. The molecule has 1 saturated heterocycles. The number of rotatable bonds is 6. The summed E-state index contributed by atoms with van der Waals surface area (Å²) in [4.78, 5) is 46.0. The number of nitrogens with zero attached hydrogens (tertiary/aromatic N) is 1. The molecule has 1 rings (SSSR count). The molecule has 9 N–H and O–H groups in total. The van der Waals surface area contributed by atoms with Gasteiger partial charge in [-0.25, -0.2) is 4.57 Å². The molecule has 13 heteroatoms. The van der Waals surface area contributed by atoms with Crippen molar-refractivity contribution in [3.8, 4) is 0 Å². The van der Waals surface area contributed by atoms with Crippen LogP contribution in [0.2, 0.25) is 0 Å². The third kappa shape index (κ3) is 14.3. The van der Waals surface area contributed by atoms with Gasteiger partial charge in [0.1, 0.15) is 0 Å². The number of nitrogens with two attached hydrogens (primary N) is 2. The minimum absolute atomic E-state index is 0. The van der Waals surface area contributed by atoms with Crippen LogP contribution in [-0.2, 0) is 35.2 Å². The van der Waals surface area contributed by atoms with Gasteiger partial charge in [0.15, 0.2) is 5.41 Å². The third-order valence-corrected chi connectivity index (χ3v) is 4.15. The Morgan fingerprint density at radius 1 is 1.07 bits per heavy atom. The maximum absolute atomic E-state index is 11.1. The smallest absolute Gasteiger partial charge is 0.480 e. The first-order valence-electron chi connectivity index (χ1n) is 8.22. The first-order chi connectivity index (χ1) is 11.8. The number of likely N-dealkylation sites (tertiary alicyclic amines) is 1. The molecule has 1 fully saturated rings. The summed E-state index contributed by atoms with van der Waals surface area (Å²) >= 11 is 0. The Bertz CT molecular complexity index is 445. The Labute approximate surface area is 173 Å². The second-order valence-corrected chi connectivity index (χ2v) is 6.99. The van der Waals surface area contributed by atoms with E-state index in [0.717, 1.165) is 39.1 Å². The van der Waals surface area contributed by atoms with Gasteiger partial charge in [-0.3, -0.25) is 9.59 Å². The predicted octanol–water partition coefficient (Wildman–Crippen LogP) is -0.743. The van der Waals surface area contributed by atoms with Crippen LogP contribution in [0.3, 0.4) is 0 Å². The van der Waals surface area contributed by atoms with Crippen LogP contribution in [0.5, 0.6) is 0 Å². The van der Waals surface area contributed by atoms with Crippen LogP contribution < -0.4 is 11.5 Å². The summed E-state index contributed by atoms with van der Waals surface area (Å²) in [6.45, 7) is 7.32. The van der Waals surface area contributed by atoms with Crippen LogP contribution in [0.4, 0.5) is 0 Å². The van der Waals surface area contributed by atoms with Gasteiger partial charge in [-0.15, -0.1) is 0 Å². The largest absolute Gasteiger partial charge is 2.00 e. The van der Waals surface area contributed by atoms with Crippen molar-refractivity contribution in [3.63, 3.8) is 0 Å². The second kappa shape index (κ2) is 15.5. The molecule has 0 aromatic rings. The first kappa shape index (κ1) is 31.3. The fraction of sp³-hybridized carbons (Fsp3) is 0.857. The zero-order chi connectivity index (χ0) is 21.0. The minimum atomic E-state index is -4.64. The molecule has 0 atom stereocenters. The molecule has 164 valence electrons. The Balaban J connectivity index is -0.000000436. The van der Waals surface area contributed by atoms with Crippen molar-refractivity contribution in [2.24, 2.45) is 22.8 Å². The maximum Gasteiger partial charge on any atom is 2.00 e. The molecule has 0 unspecified atom stereocenters. The number of hydrogen-bond donors (Lipinski definition) is 7. The van der Waals surface area contributed by atoms with E-state index >= 15 is 0 Å². The number of phosphoric acid groups is 1. The van der Waals surface area contributed by atoms with Gasteiger partial charge in [-0.2, -0.15) is 0 Å². The van der Waals surface area contributed by atoms with Crippen molar-refractivity contribution < 1.29 is 60.1 Å². The average molecular weight is 596 g/mol. The summed E-state index contributed by atoms with van der Waals surface area (Å²) in [6.07, 6.45) is 2.23. The molecule has 0 aliphatic carbocycles. The standard InChI is InChI=1S/C11H19NO4.C3H10N2.H3O4P.Pt/c1-3-12-6-4-8(5-7-12)11(2,9(13)14)10(15)16;4-2-1-3-5;1-5(2,3)4;/h8H,3-7H2,1-2H3,(H,13,14)(H,15,16);1-5H2;(H3,1,2,3,4);/q;;;+2. The fourth-order valence-corrected chi connectivity index (χ4v) is 2.39. The minimum Gasteiger partial charge on any atom is -0.480 e. The van der Waals surface area contributed by atoms with Crippen molar-refractivity contribution in [1.82, 2.24) is 4.90 Å². The van der Waals surface area contributed by atoms with Gasteiger partial charge in [0.2, 0.25) is 0 Å². The van der Waals surface area contributed by atoms with E-state index < -0.39 is 25.2 Å². The zero-order valence-corrected chi connectivity index (χ0v) is 18.7. The number of hydrogen-bond acceptors (Lipinski definition) is 6. The molecular weight excluding hydrogens is 564 g/mol. The van der Waals surface area contributed by atoms with Crippen LogP contribution in [0, 0.1) is 11.3 Å². The van der Waals surface area contributed by atoms with E-state index in [-0.39, 0.29) is 27.0 Å². The number of carboxylic acids is 2. The normalized spacial score (nSPS) is 15.4. The molecule has 27 heavy (non-hydrogen) atoms. The van der Waals surface area contributed by atoms with Gasteiger partial charge in [-0.1, -0.05) is 6.92 Å². The van der Waals surface area contributed by atoms with Crippen LogP contribution in [-0.4, -0.2) is 74.5 Å². The first-order valence-corrected chi connectivity index (χ1v) is 9.78. The Morgan fingerprint density at radius 3 is 1.59 bits per heavy atom. The van der Waals surface area contributed by atoms with Crippen LogP contribution in [0.15, 0.2) is 0 Å². The summed E-state index contributed by atoms with van der Waals surface area (Å²) in [5.41, 5.74) is 8.48. The molecule has 1 aliphatic rings. The average Bonchev–Trinajstić information content (AvgIpc) is 2.53. The Kier molecular flexibility index (Phi) is 18.0. The zero-order valence-electron chi connectivity index (χ0n) is 15.6. The number of aliphatic carboxylic acids is 2. The van der Waals surface area contributed by atoms with Crippen molar-refractivity contribution in [2.45, 2.75) is 33.1 Å². The molecule has 1 aliphatic heterocycles. The van der Waals surface area contributed by atoms with Crippen LogP contribution >= 0.6 is 7.82 Å². The quantitative estimate of drug-likeness (QED) is 0.150. The van der Waals surface area contributed by atoms with Gasteiger partial charge in [0.25, 0.3) is 0 Å². The van der Waals surface area contributed by atoms with Crippen LogP contribution in [0.1, 0.15) is 33.1 Å². The van der Waals surface area contributed by atoms with E-state index in [0.29, 0.717) is 12.8 Å². The molecular formula is C14H32N3O8PPt+2. The molecule has 0 aromatic heterocycles. The van der Waals surface area contributed by atoms with Gasteiger partial charge < -0.3 is 41.3 Å². The molecule has 0 saturated carbocycles. The molecule has 11 nitrogen and oxygen atoms in total. The molecule has 0 spiro atoms. The third-order valence-electron chi connectivity index (χ3n) is 4.15. The Hall–Kier alpha value is -0.382. The van der Waals surface area contributed by atoms with Crippen molar-refractivity contribution in [1.29, 1.82) is 0 Å². The molecule has 0 aromatic carbocycles. The van der Waals surface area contributed by atoms with E-state index in [1.807, 2.05) is 6.92 Å². The summed E-state index contributed by atoms with van der Waals surface area (Å²) in [5.74, 6) is -2.73. The number of carboxylic acid groups (broad SMARTS) is 2. The monoisotopic (exact) mass is 596 g/mol. The number of piperidine rings is 1. The van der Waals surface area contributed by atoms with Crippen molar-refractivity contribution in [2.75, 3.05) is 32.7 Å². The second-order valence-electron chi connectivity index (χ2n) is 5.97. The van der Waals surface area contributed by atoms with Gasteiger partial charge in [0, 0.05) is 0 Å². The molecule has 0 radical (unpaired) electrons. The Morgan fingerprint density at radius 2 is 1.41 bits per heavy atom. The molecule has 0 amide bonds. The summed E-state index contributed by atoms with van der Waals surface area (Å²) < 4.78 is 8.88. The van der Waals surface area contributed by atoms with E-state index in [1.165, 1.54) is 6.92 Å². The van der Waals surface area contributed by atoms with Crippen molar-refractivity contribution >= 4 is 19.8 Å². The van der Waals surface area contributed by atoms with Gasteiger partial charge >= 0.3 is 40.8 Å². The van der Waals surface area contributed by atoms with Gasteiger partial charge in [-0.05, 0) is 64.8 Å². The number of carbonyl (C=O) groups is 2. The van der Waals surface area contributed by atoms with E-state index in [2.05, 4.69) is 4.90 Å².